The number of piperazine rings is 2. The first kappa shape index (κ1) is 49.2. The molecule has 2 saturated heterocycles. The molecule has 6 amide bonds. The summed E-state index contributed by atoms with van der Waals surface area (Å²) in [6.45, 7) is 16.0. The number of nitro groups is 2. The fourth-order valence-corrected chi connectivity index (χ4v) is 7.69. The maximum absolute atomic E-state index is 12.8. The Hall–Kier alpha value is -7.26. The van der Waals surface area contributed by atoms with Crippen LogP contribution in [0.25, 0.3) is 0 Å². The number of nitro benzene ring substituents is 2. The SMILES string of the molecule is CC(C)(C)OC(=O)N1CCN(c2ccc(N3C(=O)c4ccccc4C3=O)c([N+](=O)[O-])c2)CC1.CC(C)(C)OC(=O)N1CCNCC1.O=C1c2ccccc2C(=O)N1c1ccc(Br)cc1[N+](=O)[O-]. The standard InChI is InChI=1S/C23H24N4O6.C14H7BrN2O4.C9H18N2O2/c1-23(2,3)33-22(30)25-12-10-24(11-13-25)15-8-9-18(19(14-15)27(31)32)26-20(28)16-6-4-5-7-17(16)21(26)29;15-8-5-6-11(12(7-8)17(20)21)16-13(18)9-3-1-2-4-10(9)14(16)19;1-9(2,3)13-8(12)11-6-4-10-5-7-11/h4-9,14H,10-13H2,1-3H3;1-7H;10H,4-7H2,1-3H3. The smallest absolute Gasteiger partial charge is 0.410 e. The van der Waals surface area contributed by atoms with Crippen LogP contribution in [0.15, 0.2) is 89.4 Å². The van der Waals surface area contributed by atoms with Gasteiger partial charge < -0.3 is 29.5 Å². The molecule has 352 valence electrons. The van der Waals surface area contributed by atoms with Crippen molar-refractivity contribution < 1.29 is 48.1 Å². The van der Waals surface area contributed by atoms with Crippen LogP contribution in [0.1, 0.15) is 83.0 Å². The van der Waals surface area contributed by atoms with Gasteiger partial charge in [0.05, 0.1) is 32.1 Å². The van der Waals surface area contributed by atoms with Crippen LogP contribution in [0.4, 0.5) is 38.0 Å². The van der Waals surface area contributed by atoms with E-state index in [1.807, 2.05) is 25.7 Å². The van der Waals surface area contributed by atoms with Crippen molar-refractivity contribution >= 4 is 80.2 Å². The number of carbonyl (C=O) groups is 6. The lowest BCUT2D eigenvalue weighted by molar-refractivity contribution is -0.384. The molecule has 4 aliphatic rings. The fourth-order valence-electron chi connectivity index (χ4n) is 7.34. The first-order chi connectivity index (χ1) is 31.6. The Bertz CT molecular complexity index is 2560. The van der Waals surface area contributed by atoms with Crippen molar-refractivity contribution in [3.63, 3.8) is 0 Å². The number of ether oxygens (including phenoxy) is 2. The quantitative estimate of drug-likeness (QED) is 0.116. The molecule has 0 spiro atoms. The minimum Gasteiger partial charge on any atom is -0.444 e. The summed E-state index contributed by atoms with van der Waals surface area (Å²) in [6, 6.07) is 21.3. The number of rotatable bonds is 5. The van der Waals surface area contributed by atoms with Crippen molar-refractivity contribution in [1.29, 1.82) is 0 Å². The number of carbonyl (C=O) groups excluding carboxylic acids is 6. The highest BCUT2D eigenvalue weighted by atomic mass is 79.9. The van der Waals surface area contributed by atoms with E-state index >= 15 is 0 Å². The van der Waals surface area contributed by atoms with Gasteiger partial charge in [0.1, 0.15) is 22.6 Å². The van der Waals surface area contributed by atoms with E-state index < -0.39 is 45.2 Å². The highest BCUT2D eigenvalue weighted by molar-refractivity contribution is 9.10. The maximum Gasteiger partial charge on any atom is 0.410 e. The summed E-state index contributed by atoms with van der Waals surface area (Å²) in [4.78, 5) is 103. The Morgan fingerprint density at radius 3 is 1.33 bits per heavy atom. The second-order valence-electron chi connectivity index (χ2n) is 17.5. The van der Waals surface area contributed by atoms with Crippen LogP contribution in [0.3, 0.4) is 0 Å². The van der Waals surface area contributed by atoms with E-state index in [9.17, 15) is 49.0 Å². The number of hydrogen-bond acceptors (Lipinski definition) is 14. The van der Waals surface area contributed by atoms with Crippen LogP contribution in [0.5, 0.6) is 0 Å². The summed E-state index contributed by atoms with van der Waals surface area (Å²) in [5.41, 5.74) is -0.202. The minimum atomic E-state index is -0.621. The molecule has 0 bridgehead atoms. The van der Waals surface area contributed by atoms with Crippen LogP contribution in [-0.2, 0) is 9.47 Å². The van der Waals surface area contributed by atoms with Gasteiger partial charge in [0, 0.05) is 74.7 Å². The second kappa shape index (κ2) is 20.1. The average molecular weight is 986 g/mol. The summed E-state index contributed by atoms with van der Waals surface area (Å²) in [5.74, 6) is -2.28. The largest absolute Gasteiger partial charge is 0.444 e. The van der Waals surface area contributed by atoms with Gasteiger partial charge in [-0.3, -0.25) is 39.4 Å². The number of fused-ring (bicyclic) bond motifs is 2. The number of anilines is 3. The third kappa shape index (κ3) is 11.4. The molecule has 1 N–H and O–H groups in total. The topological polar surface area (TPSA) is 235 Å². The molecule has 4 aliphatic heterocycles. The molecular formula is C46H49BrN8O12. The van der Waals surface area contributed by atoms with Gasteiger partial charge in [-0.25, -0.2) is 19.4 Å². The lowest BCUT2D eigenvalue weighted by Crippen LogP contribution is -2.50. The van der Waals surface area contributed by atoms with E-state index in [1.54, 1.807) is 67.0 Å². The minimum absolute atomic E-state index is 0.0330. The average Bonchev–Trinajstić information content (AvgIpc) is 3.69. The first-order valence-corrected chi connectivity index (χ1v) is 21.9. The Morgan fingerprint density at radius 2 is 0.940 bits per heavy atom. The number of amides is 6. The molecule has 8 rings (SSSR count). The van der Waals surface area contributed by atoms with Crippen LogP contribution in [-0.4, -0.2) is 119 Å². The van der Waals surface area contributed by atoms with Crippen LogP contribution < -0.4 is 20.0 Å². The van der Waals surface area contributed by atoms with Crippen molar-refractivity contribution in [1.82, 2.24) is 15.1 Å². The van der Waals surface area contributed by atoms with Gasteiger partial charge in [-0.1, -0.05) is 40.2 Å². The van der Waals surface area contributed by atoms with Crippen molar-refractivity contribution in [2.75, 3.05) is 67.1 Å². The van der Waals surface area contributed by atoms with Crippen molar-refractivity contribution in [3.8, 4) is 0 Å². The summed E-state index contributed by atoms with van der Waals surface area (Å²) in [7, 11) is 0. The van der Waals surface area contributed by atoms with Crippen LogP contribution in [0.2, 0.25) is 0 Å². The third-order valence-electron chi connectivity index (χ3n) is 10.4. The highest BCUT2D eigenvalue weighted by Crippen LogP contribution is 2.38. The van der Waals surface area contributed by atoms with E-state index in [-0.39, 0.29) is 56.7 Å². The zero-order valence-corrected chi connectivity index (χ0v) is 39.2. The predicted molar refractivity (Wildman–Crippen MR) is 250 cm³/mol. The lowest BCUT2D eigenvalue weighted by Gasteiger charge is -2.36. The molecule has 4 aromatic carbocycles. The number of hydrogen-bond donors (Lipinski definition) is 1. The summed E-state index contributed by atoms with van der Waals surface area (Å²) in [5, 5.41) is 26.2. The Labute approximate surface area is 393 Å². The van der Waals surface area contributed by atoms with E-state index in [2.05, 4.69) is 21.2 Å². The van der Waals surface area contributed by atoms with Gasteiger partial charge in [0.2, 0.25) is 0 Å². The third-order valence-corrected chi connectivity index (χ3v) is 10.9. The molecule has 0 unspecified atom stereocenters. The van der Waals surface area contributed by atoms with Crippen molar-refractivity contribution in [2.45, 2.75) is 52.7 Å². The van der Waals surface area contributed by atoms with E-state index in [1.165, 1.54) is 48.5 Å². The highest BCUT2D eigenvalue weighted by Gasteiger charge is 2.41. The predicted octanol–water partition coefficient (Wildman–Crippen LogP) is 7.44. The summed E-state index contributed by atoms with van der Waals surface area (Å²) in [6.07, 6.45) is -0.594. The van der Waals surface area contributed by atoms with Gasteiger partial charge in [-0.15, -0.1) is 0 Å². The zero-order valence-electron chi connectivity index (χ0n) is 37.6. The summed E-state index contributed by atoms with van der Waals surface area (Å²) >= 11 is 3.14. The first-order valence-electron chi connectivity index (χ1n) is 21.2. The number of nitrogens with one attached hydrogen (secondary N) is 1. The maximum atomic E-state index is 12.8. The van der Waals surface area contributed by atoms with Gasteiger partial charge in [0.25, 0.3) is 35.0 Å². The van der Waals surface area contributed by atoms with E-state index in [0.29, 0.717) is 36.3 Å². The zero-order chi connectivity index (χ0) is 49.0. The van der Waals surface area contributed by atoms with Crippen LogP contribution in [0, 0.1) is 20.2 Å². The second-order valence-corrected chi connectivity index (χ2v) is 18.4. The molecule has 0 aromatic heterocycles. The summed E-state index contributed by atoms with van der Waals surface area (Å²) < 4.78 is 11.1. The molecule has 0 aliphatic carbocycles. The Balaban J connectivity index is 0.000000185. The van der Waals surface area contributed by atoms with E-state index in [4.69, 9.17) is 9.47 Å². The fraction of sp³-hybridized carbons (Fsp3) is 0.348. The van der Waals surface area contributed by atoms with Crippen molar-refractivity contribution in [2.24, 2.45) is 0 Å². The molecular weight excluding hydrogens is 936 g/mol. The molecule has 21 heteroatoms. The van der Waals surface area contributed by atoms with Gasteiger partial charge in [0.15, 0.2) is 0 Å². The molecule has 2 fully saturated rings. The lowest BCUT2D eigenvalue weighted by atomic mass is 10.1. The normalized spacial score (nSPS) is 15.8. The molecule has 20 nitrogen and oxygen atoms in total. The molecule has 0 radical (unpaired) electrons. The van der Waals surface area contributed by atoms with Crippen molar-refractivity contribution in [3.05, 3.63) is 132 Å². The monoisotopic (exact) mass is 984 g/mol. The van der Waals surface area contributed by atoms with Crippen LogP contribution >= 0.6 is 15.9 Å². The molecule has 4 aromatic rings. The number of benzene rings is 4. The van der Waals surface area contributed by atoms with Gasteiger partial charge in [-0.2, -0.15) is 0 Å². The molecule has 4 heterocycles. The molecule has 0 atom stereocenters. The van der Waals surface area contributed by atoms with Gasteiger partial charge >= 0.3 is 12.2 Å². The number of halogens is 1. The van der Waals surface area contributed by atoms with E-state index in [0.717, 1.165) is 36.0 Å². The number of imide groups is 2. The molecule has 0 saturated carbocycles. The Morgan fingerprint density at radius 1 is 0.567 bits per heavy atom. The molecule has 67 heavy (non-hydrogen) atoms. The Kier molecular flexibility index (Phi) is 14.7. The van der Waals surface area contributed by atoms with Gasteiger partial charge in [-0.05, 0) is 90.1 Å². The number of nitrogens with zero attached hydrogens (tertiary/aromatic N) is 7.